The number of aromatic hydroxyl groups is 1. The van der Waals surface area contributed by atoms with Crippen LogP contribution in [-0.2, 0) is 0 Å². The molecule has 0 aliphatic carbocycles. The molecule has 0 spiro atoms. The van der Waals surface area contributed by atoms with E-state index in [0.717, 1.165) is 15.2 Å². The fourth-order valence-electron chi connectivity index (χ4n) is 3.01. The molecule has 8 heteroatoms. The number of ether oxygens (including phenoxy) is 1. The molecule has 0 saturated heterocycles. The molecule has 4 aromatic carbocycles. The number of hydrogen-bond donors (Lipinski definition) is 2. The van der Waals surface area contributed by atoms with Crippen molar-refractivity contribution in [3.63, 3.8) is 0 Å². The summed E-state index contributed by atoms with van der Waals surface area (Å²) in [5.41, 5.74) is 0.365. The number of phenolic OH excluding ortho intramolecular Hbond substituents is 1. The number of nitrogens with one attached hydrogen (secondary N) is 1. The molecule has 4 nitrogen and oxygen atoms in total. The molecule has 0 heterocycles. The van der Waals surface area contributed by atoms with Gasteiger partial charge in [0.2, 0.25) is 0 Å². The standard InChI is InChI=1S/C23H13BrCl3NO3/c24-21-15-4-2-1-3-12(15)5-7-20(21)31-19-8-6-14(11-17(19)26)28-23(30)16-9-13(25)10-18(27)22(16)29/h1-11,29H,(H,28,30). The minimum atomic E-state index is -0.580. The minimum absolute atomic E-state index is 0.0135. The van der Waals surface area contributed by atoms with Crippen molar-refractivity contribution in [1.29, 1.82) is 0 Å². The van der Waals surface area contributed by atoms with Crippen LogP contribution in [0.4, 0.5) is 5.69 Å². The van der Waals surface area contributed by atoms with Gasteiger partial charge in [-0.3, -0.25) is 4.79 Å². The summed E-state index contributed by atoms with van der Waals surface area (Å²) in [6, 6.07) is 19.2. The lowest BCUT2D eigenvalue weighted by atomic mass is 10.1. The van der Waals surface area contributed by atoms with Crippen molar-refractivity contribution in [1.82, 2.24) is 0 Å². The van der Waals surface area contributed by atoms with Gasteiger partial charge in [-0.1, -0.05) is 65.1 Å². The van der Waals surface area contributed by atoms with Gasteiger partial charge in [0, 0.05) is 10.7 Å². The maximum absolute atomic E-state index is 12.5. The van der Waals surface area contributed by atoms with Crippen LogP contribution in [0, 0.1) is 0 Å². The number of phenols is 1. The maximum Gasteiger partial charge on any atom is 0.259 e. The highest BCUT2D eigenvalue weighted by Crippen LogP contribution is 2.39. The van der Waals surface area contributed by atoms with E-state index in [0.29, 0.717) is 22.2 Å². The summed E-state index contributed by atoms with van der Waals surface area (Å²) in [6.45, 7) is 0. The van der Waals surface area contributed by atoms with E-state index in [4.69, 9.17) is 39.5 Å². The first kappa shape index (κ1) is 21.8. The SMILES string of the molecule is O=C(Nc1ccc(Oc2ccc3ccccc3c2Br)c(Cl)c1)c1cc(Cl)cc(Cl)c1O. The van der Waals surface area contributed by atoms with E-state index in [9.17, 15) is 9.90 Å². The van der Waals surface area contributed by atoms with E-state index in [1.165, 1.54) is 12.1 Å². The fourth-order valence-corrected chi connectivity index (χ4v) is 4.30. The van der Waals surface area contributed by atoms with Crippen LogP contribution in [0.1, 0.15) is 10.4 Å². The van der Waals surface area contributed by atoms with Crippen molar-refractivity contribution in [3.8, 4) is 17.2 Å². The Kier molecular flexibility index (Phi) is 6.30. The van der Waals surface area contributed by atoms with Crippen molar-refractivity contribution >= 4 is 73.1 Å². The third-order valence-corrected chi connectivity index (χ3v) is 6.13. The van der Waals surface area contributed by atoms with Gasteiger partial charge in [0.05, 0.1) is 20.1 Å². The van der Waals surface area contributed by atoms with Gasteiger partial charge < -0.3 is 15.2 Å². The summed E-state index contributed by atoms with van der Waals surface area (Å²) in [4.78, 5) is 12.5. The quantitative estimate of drug-likeness (QED) is 0.275. The first-order valence-electron chi connectivity index (χ1n) is 8.97. The van der Waals surface area contributed by atoms with Crippen LogP contribution >= 0.6 is 50.7 Å². The molecule has 4 aromatic rings. The molecular weight excluding hydrogens is 525 g/mol. The van der Waals surface area contributed by atoms with Crippen molar-refractivity contribution in [2.45, 2.75) is 0 Å². The normalized spacial score (nSPS) is 10.8. The van der Waals surface area contributed by atoms with Gasteiger partial charge >= 0.3 is 0 Å². The Balaban J connectivity index is 1.56. The topological polar surface area (TPSA) is 58.6 Å². The van der Waals surface area contributed by atoms with E-state index < -0.39 is 5.91 Å². The molecule has 0 unspecified atom stereocenters. The van der Waals surface area contributed by atoms with Crippen LogP contribution in [0.2, 0.25) is 15.1 Å². The van der Waals surface area contributed by atoms with Crippen molar-refractivity contribution in [2.24, 2.45) is 0 Å². The minimum Gasteiger partial charge on any atom is -0.506 e. The van der Waals surface area contributed by atoms with Crippen molar-refractivity contribution in [2.75, 3.05) is 5.32 Å². The van der Waals surface area contributed by atoms with Crippen LogP contribution < -0.4 is 10.1 Å². The zero-order valence-electron chi connectivity index (χ0n) is 15.6. The van der Waals surface area contributed by atoms with Crippen molar-refractivity contribution in [3.05, 3.63) is 91.8 Å². The molecular formula is C23H13BrCl3NO3. The lowest BCUT2D eigenvalue weighted by Gasteiger charge is -2.13. The molecule has 0 bridgehead atoms. The number of anilines is 1. The lowest BCUT2D eigenvalue weighted by molar-refractivity contribution is 0.102. The molecule has 4 rings (SSSR count). The predicted octanol–water partition coefficient (Wildman–Crippen LogP) is 8.31. The molecule has 0 aromatic heterocycles. The van der Waals surface area contributed by atoms with Gasteiger partial charge in [-0.15, -0.1) is 0 Å². The zero-order chi connectivity index (χ0) is 22.1. The number of halogens is 4. The van der Waals surface area contributed by atoms with Crippen molar-refractivity contribution < 1.29 is 14.6 Å². The number of carbonyl (C=O) groups is 1. The first-order valence-corrected chi connectivity index (χ1v) is 10.9. The number of fused-ring (bicyclic) bond motifs is 1. The van der Waals surface area contributed by atoms with Crippen LogP contribution in [0.5, 0.6) is 17.2 Å². The molecule has 0 radical (unpaired) electrons. The average Bonchev–Trinajstić information content (AvgIpc) is 2.74. The summed E-state index contributed by atoms with van der Waals surface area (Å²) in [7, 11) is 0. The second kappa shape index (κ2) is 8.97. The molecule has 0 aliphatic rings. The van der Waals surface area contributed by atoms with Crippen LogP contribution in [0.25, 0.3) is 10.8 Å². The number of rotatable bonds is 4. The average molecular weight is 538 g/mol. The molecule has 0 fully saturated rings. The highest BCUT2D eigenvalue weighted by molar-refractivity contribution is 9.10. The number of amides is 1. The van der Waals surface area contributed by atoms with Gasteiger partial charge in [-0.2, -0.15) is 0 Å². The Morgan fingerprint density at radius 3 is 2.42 bits per heavy atom. The summed E-state index contributed by atoms with van der Waals surface area (Å²) < 4.78 is 6.79. The number of benzene rings is 4. The molecule has 2 N–H and O–H groups in total. The zero-order valence-corrected chi connectivity index (χ0v) is 19.5. The Morgan fingerprint density at radius 1 is 0.903 bits per heavy atom. The highest BCUT2D eigenvalue weighted by Gasteiger charge is 2.17. The van der Waals surface area contributed by atoms with Gasteiger partial charge in [-0.05, 0) is 63.1 Å². The lowest BCUT2D eigenvalue weighted by Crippen LogP contribution is -2.12. The molecule has 0 saturated carbocycles. The summed E-state index contributed by atoms with van der Waals surface area (Å²) in [5, 5.41) is 15.3. The second-order valence-corrected chi connectivity index (χ2v) is 8.63. The number of carbonyl (C=O) groups excluding carboxylic acids is 1. The monoisotopic (exact) mass is 535 g/mol. The van der Waals surface area contributed by atoms with Crippen LogP contribution in [0.15, 0.2) is 71.2 Å². The molecule has 31 heavy (non-hydrogen) atoms. The Labute approximate surface area is 201 Å². The predicted molar refractivity (Wildman–Crippen MR) is 129 cm³/mol. The number of hydrogen-bond acceptors (Lipinski definition) is 3. The van der Waals surface area contributed by atoms with E-state index in [1.807, 2.05) is 36.4 Å². The summed E-state index contributed by atoms with van der Waals surface area (Å²) in [6.07, 6.45) is 0. The Morgan fingerprint density at radius 2 is 1.65 bits per heavy atom. The smallest absolute Gasteiger partial charge is 0.259 e. The molecule has 0 aliphatic heterocycles. The van der Waals surface area contributed by atoms with Gasteiger partial charge in [-0.25, -0.2) is 0 Å². The third kappa shape index (κ3) is 4.60. The third-order valence-electron chi connectivity index (χ3n) is 4.51. The van der Waals surface area contributed by atoms with E-state index in [1.54, 1.807) is 18.2 Å². The summed E-state index contributed by atoms with van der Waals surface area (Å²) in [5.74, 6) is 0.0971. The first-order chi connectivity index (χ1) is 14.8. The van der Waals surface area contributed by atoms with Crippen LogP contribution in [0.3, 0.4) is 0 Å². The molecule has 156 valence electrons. The van der Waals surface area contributed by atoms with E-state index in [2.05, 4.69) is 21.2 Å². The van der Waals surface area contributed by atoms with Gasteiger partial charge in [0.25, 0.3) is 5.91 Å². The largest absolute Gasteiger partial charge is 0.506 e. The van der Waals surface area contributed by atoms with E-state index >= 15 is 0 Å². The molecule has 0 atom stereocenters. The van der Waals surface area contributed by atoms with Gasteiger partial charge in [0.1, 0.15) is 17.2 Å². The Bertz CT molecular complexity index is 1330. The fraction of sp³-hybridized carbons (Fsp3) is 0. The van der Waals surface area contributed by atoms with Gasteiger partial charge in [0.15, 0.2) is 0 Å². The summed E-state index contributed by atoms with van der Waals surface area (Å²) >= 11 is 21.8. The molecule has 1 amide bonds. The maximum atomic E-state index is 12.5. The van der Waals surface area contributed by atoms with E-state index in [-0.39, 0.29) is 21.4 Å². The van der Waals surface area contributed by atoms with Crippen LogP contribution in [-0.4, -0.2) is 11.0 Å². The highest BCUT2D eigenvalue weighted by atomic mass is 79.9. The Hall–Kier alpha value is -2.44. The second-order valence-electron chi connectivity index (χ2n) is 6.58.